The molecule has 1 aromatic carbocycles. The number of nitrogens with one attached hydrogen (secondary N) is 1. The van der Waals surface area contributed by atoms with Gasteiger partial charge in [0.15, 0.2) is 11.5 Å². The summed E-state index contributed by atoms with van der Waals surface area (Å²) in [4.78, 5) is 13.3. The molecular weight excluding hydrogens is 320 g/mol. The van der Waals surface area contributed by atoms with Gasteiger partial charge in [0, 0.05) is 29.7 Å². The predicted molar refractivity (Wildman–Crippen MR) is 94.4 cm³/mol. The van der Waals surface area contributed by atoms with E-state index >= 15 is 0 Å². The van der Waals surface area contributed by atoms with Crippen LogP contribution in [0.15, 0.2) is 48.9 Å². The number of rotatable bonds is 2. The molecule has 0 aliphatic carbocycles. The fraction of sp³-hybridized carbons (Fsp3) is 0.0588. The molecule has 24 heavy (non-hydrogen) atoms. The summed E-state index contributed by atoms with van der Waals surface area (Å²) < 4.78 is 3.22. The summed E-state index contributed by atoms with van der Waals surface area (Å²) in [6, 6.07) is 10.1. The van der Waals surface area contributed by atoms with Gasteiger partial charge < -0.3 is 0 Å². The molecule has 0 saturated carbocycles. The molecule has 6 nitrogen and oxygen atoms in total. The van der Waals surface area contributed by atoms with Gasteiger partial charge in [-0.2, -0.15) is 5.10 Å². The van der Waals surface area contributed by atoms with Gasteiger partial charge in [-0.05, 0) is 37.3 Å². The minimum absolute atomic E-state index is 0.690. The van der Waals surface area contributed by atoms with Crippen molar-refractivity contribution >= 4 is 32.6 Å². The standard InChI is InChI=1S/C17H12N6S/c1-10-20-13-5-4-11(9-14(13)24-10)23-8-7-19-17(23)15-12-3-2-6-18-16(12)22-21-15/h2-9H,1H3,(H,18,21,22). The van der Waals surface area contributed by atoms with E-state index in [0.29, 0.717) is 5.65 Å². The molecule has 0 bridgehead atoms. The van der Waals surface area contributed by atoms with Crippen molar-refractivity contribution < 1.29 is 0 Å². The molecule has 0 aliphatic heterocycles. The average molecular weight is 332 g/mol. The fourth-order valence-electron chi connectivity index (χ4n) is 2.90. The van der Waals surface area contributed by atoms with Gasteiger partial charge in [-0.3, -0.25) is 9.67 Å². The van der Waals surface area contributed by atoms with Crippen LogP contribution in [0, 0.1) is 6.92 Å². The Bertz CT molecular complexity index is 1180. The van der Waals surface area contributed by atoms with E-state index in [2.05, 4.69) is 41.8 Å². The lowest BCUT2D eigenvalue weighted by Crippen LogP contribution is -1.96. The fourth-order valence-corrected chi connectivity index (χ4v) is 3.76. The van der Waals surface area contributed by atoms with Crippen molar-refractivity contribution in [2.45, 2.75) is 6.92 Å². The lowest BCUT2D eigenvalue weighted by Gasteiger charge is -2.07. The molecule has 0 fully saturated rings. The van der Waals surface area contributed by atoms with Crippen molar-refractivity contribution in [2.24, 2.45) is 0 Å². The van der Waals surface area contributed by atoms with Gasteiger partial charge in [-0.25, -0.2) is 15.0 Å². The Hall–Kier alpha value is -3.06. The van der Waals surface area contributed by atoms with Crippen molar-refractivity contribution in [3.63, 3.8) is 0 Å². The number of pyridine rings is 1. The van der Waals surface area contributed by atoms with Crippen LogP contribution in [0.3, 0.4) is 0 Å². The highest BCUT2D eigenvalue weighted by Crippen LogP contribution is 2.29. The number of aryl methyl sites for hydroxylation is 1. The number of nitrogens with zero attached hydrogens (tertiary/aromatic N) is 5. The number of fused-ring (bicyclic) bond motifs is 2. The number of H-pyrrole nitrogens is 1. The van der Waals surface area contributed by atoms with Crippen molar-refractivity contribution in [3.05, 3.63) is 53.9 Å². The van der Waals surface area contributed by atoms with Crippen LogP contribution < -0.4 is 0 Å². The maximum Gasteiger partial charge on any atom is 0.181 e. The van der Waals surface area contributed by atoms with Crippen LogP contribution in [0.4, 0.5) is 0 Å². The molecule has 4 heterocycles. The van der Waals surface area contributed by atoms with E-state index in [4.69, 9.17) is 0 Å². The zero-order valence-corrected chi connectivity index (χ0v) is 13.6. The van der Waals surface area contributed by atoms with Gasteiger partial charge in [0.25, 0.3) is 0 Å². The monoisotopic (exact) mass is 332 g/mol. The summed E-state index contributed by atoms with van der Waals surface area (Å²) in [5.41, 5.74) is 3.63. The Morgan fingerprint density at radius 3 is 3.04 bits per heavy atom. The molecule has 116 valence electrons. The summed E-state index contributed by atoms with van der Waals surface area (Å²) in [6.07, 6.45) is 5.48. The number of hydrogen-bond acceptors (Lipinski definition) is 5. The number of aromatic amines is 1. The number of hydrogen-bond donors (Lipinski definition) is 1. The van der Waals surface area contributed by atoms with Gasteiger partial charge >= 0.3 is 0 Å². The van der Waals surface area contributed by atoms with Crippen molar-refractivity contribution in [3.8, 4) is 17.2 Å². The van der Waals surface area contributed by atoms with Gasteiger partial charge in [-0.15, -0.1) is 11.3 Å². The summed E-state index contributed by atoms with van der Waals surface area (Å²) in [6.45, 7) is 2.02. The smallest absolute Gasteiger partial charge is 0.181 e. The van der Waals surface area contributed by atoms with Crippen molar-refractivity contribution in [1.29, 1.82) is 0 Å². The topological polar surface area (TPSA) is 72.3 Å². The van der Waals surface area contributed by atoms with Crippen LogP contribution in [0.2, 0.25) is 0 Å². The van der Waals surface area contributed by atoms with E-state index in [1.807, 2.05) is 31.3 Å². The first-order valence-corrected chi connectivity index (χ1v) is 8.31. The van der Waals surface area contributed by atoms with Gasteiger partial charge in [0.2, 0.25) is 0 Å². The Morgan fingerprint density at radius 2 is 2.08 bits per heavy atom. The highest BCUT2D eigenvalue weighted by atomic mass is 32.1. The van der Waals surface area contributed by atoms with Gasteiger partial charge in [-0.1, -0.05) is 0 Å². The summed E-state index contributed by atoms with van der Waals surface area (Å²) in [7, 11) is 0. The molecule has 0 radical (unpaired) electrons. The number of benzene rings is 1. The minimum Gasteiger partial charge on any atom is -0.298 e. The second kappa shape index (κ2) is 4.97. The maximum absolute atomic E-state index is 4.52. The van der Waals surface area contributed by atoms with E-state index in [-0.39, 0.29) is 0 Å². The molecule has 0 amide bonds. The summed E-state index contributed by atoms with van der Waals surface area (Å²) in [5.74, 6) is 0.811. The Morgan fingerprint density at radius 1 is 1.12 bits per heavy atom. The second-order valence-electron chi connectivity index (χ2n) is 5.48. The van der Waals surface area contributed by atoms with Crippen LogP contribution in [-0.4, -0.2) is 29.7 Å². The van der Waals surface area contributed by atoms with Crippen LogP contribution in [0.1, 0.15) is 5.01 Å². The van der Waals surface area contributed by atoms with Gasteiger partial charge in [0.05, 0.1) is 15.2 Å². The first-order chi connectivity index (χ1) is 11.8. The molecular formula is C17H12N6S. The minimum atomic E-state index is 0.690. The Labute approximate surface area is 140 Å². The lowest BCUT2D eigenvalue weighted by molar-refractivity contribution is 1.03. The average Bonchev–Trinajstić information content (AvgIpc) is 3.30. The highest BCUT2D eigenvalue weighted by Gasteiger charge is 2.14. The molecule has 4 aromatic heterocycles. The SMILES string of the molecule is Cc1nc2ccc(-n3ccnc3-c3[nH]nc4ncccc34)cc2s1. The van der Waals surface area contributed by atoms with Crippen molar-refractivity contribution in [1.82, 2.24) is 29.7 Å². The van der Waals surface area contributed by atoms with Crippen LogP contribution in [0.25, 0.3) is 38.5 Å². The number of aromatic nitrogens is 6. The lowest BCUT2D eigenvalue weighted by atomic mass is 10.2. The van der Waals surface area contributed by atoms with E-state index in [1.165, 1.54) is 4.70 Å². The zero-order valence-electron chi connectivity index (χ0n) is 12.8. The molecule has 0 aliphatic rings. The Kier molecular flexibility index (Phi) is 2.77. The van der Waals surface area contributed by atoms with E-state index in [1.54, 1.807) is 23.7 Å². The van der Waals surface area contributed by atoms with E-state index < -0.39 is 0 Å². The molecule has 0 saturated heterocycles. The summed E-state index contributed by atoms with van der Waals surface area (Å²) >= 11 is 1.69. The Balaban J connectivity index is 1.71. The third kappa shape index (κ3) is 1.95. The quantitative estimate of drug-likeness (QED) is 0.534. The first kappa shape index (κ1) is 13.4. The zero-order chi connectivity index (χ0) is 16.1. The van der Waals surface area contributed by atoms with Crippen LogP contribution in [0.5, 0.6) is 0 Å². The third-order valence-electron chi connectivity index (χ3n) is 3.95. The molecule has 5 rings (SSSR count). The van der Waals surface area contributed by atoms with Crippen LogP contribution >= 0.6 is 11.3 Å². The van der Waals surface area contributed by atoms with E-state index in [0.717, 1.165) is 33.1 Å². The first-order valence-electron chi connectivity index (χ1n) is 7.50. The van der Waals surface area contributed by atoms with Crippen molar-refractivity contribution in [2.75, 3.05) is 0 Å². The highest BCUT2D eigenvalue weighted by molar-refractivity contribution is 7.18. The van der Waals surface area contributed by atoms with Crippen LogP contribution in [-0.2, 0) is 0 Å². The second-order valence-corrected chi connectivity index (χ2v) is 6.71. The molecule has 7 heteroatoms. The third-order valence-corrected chi connectivity index (χ3v) is 4.88. The number of imidazole rings is 1. The summed E-state index contributed by atoms with van der Waals surface area (Å²) in [5, 5.41) is 9.35. The van der Waals surface area contributed by atoms with Gasteiger partial charge in [0.1, 0.15) is 5.69 Å². The molecule has 0 spiro atoms. The molecule has 0 unspecified atom stereocenters. The molecule has 5 aromatic rings. The number of thiazole rings is 1. The predicted octanol–water partition coefficient (Wildman–Crippen LogP) is 3.73. The molecule has 0 atom stereocenters. The molecule has 1 N–H and O–H groups in total. The normalized spacial score (nSPS) is 11.5. The largest absolute Gasteiger partial charge is 0.298 e. The maximum atomic E-state index is 4.52. The van der Waals surface area contributed by atoms with E-state index in [9.17, 15) is 0 Å².